The van der Waals surface area contributed by atoms with Gasteiger partial charge < -0.3 is 14.5 Å². The number of amides is 1. The van der Waals surface area contributed by atoms with Gasteiger partial charge in [-0.25, -0.2) is 0 Å². The van der Waals surface area contributed by atoms with Crippen molar-refractivity contribution < 1.29 is 9.53 Å². The van der Waals surface area contributed by atoms with Crippen molar-refractivity contribution in [2.24, 2.45) is 5.92 Å². The Balaban J connectivity index is 1.23. The largest absolute Gasteiger partial charge is 0.497 e. The average Bonchev–Trinajstić information content (AvgIpc) is 3.33. The highest BCUT2D eigenvalue weighted by atomic mass is 16.5. The molecule has 1 amide bonds. The lowest BCUT2D eigenvalue weighted by Gasteiger charge is -2.43. The Morgan fingerprint density at radius 2 is 1.83 bits per heavy atom. The predicted octanol–water partition coefficient (Wildman–Crippen LogP) is 3.78. The number of hydrogen-bond donors (Lipinski definition) is 0. The fourth-order valence-electron chi connectivity index (χ4n) is 5.41. The molecule has 0 aliphatic carbocycles. The fraction of sp³-hybridized carbons (Fsp3) is 0.708. The number of hydrogen-bond acceptors (Lipinski definition) is 4. The molecule has 0 radical (unpaired) electrons. The standard InChI is InChI=1S/C24H37N3O2/c1-29-23-8-4-7-22(18-23)25-16-11-21(12-17-25)27-15-5-6-20(19-27)9-10-24(28)26-13-2-3-14-26/h4,7-8,18,20-21H,2-3,5-6,9-17,19H2,1H3. The van der Waals surface area contributed by atoms with Gasteiger partial charge in [0, 0.05) is 56.9 Å². The van der Waals surface area contributed by atoms with Gasteiger partial charge in [0.2, 0.25) is 5.91 Å². The summed E-state index contributed by atoms with van der Waals surface area (Å²) in [5.41, 5.74) is 1.28. The summed E-state index contributed by atoms with van der Waals surface area (Å²) in [5.74, 6) is 2.03. The van der Waals surface area contributed by atoms with Gasteiger partial charge in [-0.1, -0.05) is 6.07 Å². The number of ether oxygens (including phenoxy) is 1. The molecule has 160 valence electrons. The molecule has 3 fully saturated rings. The highest BCUT2D eigenvalue weighted by Crippen LogP contribution is 2.29. The quantitative estimate of drug-likeness (QED) is 0.729. The first-order valence-corrected chi connectivity index (χ1v) is 11.6. The van der Waals surface area contributed by atoms with Crippen molar-refractivity contribution in [3.63, 3.8) is 0 Å². The molecule has 3 aliphatic heterocycles. The highest BCUT2D eigenvalue weighted by Gasteiger charge is 2.29. The van der Waals surface area contributed by atoms with E-state index in [2.05, 4.69) is 32.9 Å². The van der Waals surface area contributed by atoms with E-state index in [1.165, 1.54) is 57.3 Å². The van der Waals surface area contributed by atoms with Crippen LogP contribution in [0.4, 0.5) is 5.69 Å². The highest BCUT2D eigenvalue weighted by molar-refractivity contribution is 5.76. The zero-order chi connectivity index (χ0) is 20.1. The van der Waals surface area contributed by atoms with Crippen molar-refractivity contribution in [2.75, 3.05) is 51.3 Å². The van der Waals surface area contributed by atoms with Gasteiger partial charge in [-0.05, 0) is 69.5 Å². The van der Waals surface area contributed by atoms with Crippen LogP contribution in [-0.2, 0) is 4.79 Å². The summed E-state index contributed by atoms with van der Waals surface area (Å²) in [5, 5.41) is 0. The van der Waals surface area contributed by atoms with Gasteiger partial charge in [0.15, 0.2) is 0 Å². The second kappa shape index (κ2) is 9.84. The summed E-state index contributed by atoms with van der Waals surface area (Å²) in [6.07, 6.45) is 9.27. The van der Waals surface area contributed by atoms with Gasteiger partial charge >= 0.3 is 0 Å². The van der Waals surface area contributed by atoms with Crippen molar-refractivity contribution in [3.05, 3.63) is 24.3 Å². The molecule has 0 aromatic heterocycles. The van der Waals surface area contributed by atoms with E-state index < -0.39 is 0 Å². The maximum Gasteiger partial charge on any atom is 0.222 e. The molecule has 0 spiro atoms. The van der Waals surface area contributed by atoms with Crippen molar-refractivity contribution >= 4 is 11.6 Å². The number of piperidine rings is 2. The van der Waals surface area contributed by atoms with Crippen LogP contribution in [0.25, 0.3) is 0 Å². The molecule has 5 nitrogen and oxygen atoms in total. The third-order valence-electron chi connectivity index (χ3n) is 7.17. The van der Waals surface area contributed by atoms with Gasteiger partial charge in [-0.2, -0.15) is 0 Å². The lowest BCUT2D eigenvalue weighted by Crippen LogP contribution is -2.48. The molecule has 0 N–H and O–H groups in total. The minimum atomic E-state index is 0.395. The molecule has 3 saturated heterocycles. The number of anilines is 1. The first-order valence-electron chi connectivity index (χ1n) is 11.6. The van der Waals surface area contributed by atoms with Gasteiger partial charge in [0.25, 0.3) is 0 Å². The van der Waals surface area contributed by atoms with E-state index in [-0.39, 0.29) is 0 Å². The van der Waals surface area contributed by atoms with E-state index in [9.17, 15) is 4.79 Å². The van der Waals surface area contributed by atoms with E-state index in [4.69, 9.17) is 4.74 Å². The van der Waals surface area contributed by atoms with Crippen molar-refractivity contribution in [3.8, 4) is 5.75 Å². The number of methoxy groups -OCH3 is 1. The Hall–Kier alpha value is -1.75. The molecule has 1 aromatic rings. The van der Waals surface area contributed by atoms with Crippen LogP contribution in [0.3, 0.4) is 0 Å². The molecular weight excluding hydrogens is 362 g/mol. The first kappa shape index (κ1) is 20.5. The third kappa shape index (κ3) is 5.25. The monoisotopic (exact) mass is 399 g/mol. The molecule has 1 aromatic carbocycles. The van der Waals surface area contributed by atoms with Crippen molar-refractivity contribution in [1.29, 1.82) is 0 Å². The number of likely N-dealkylation sites (tertiary alicyclic amines) is 2. The Morgan fingerprint density at radius 1 is 1.03 bits per heavy atom. The van der Waals surface area contributed by atoms with Crippen LogP contribution in [-0.4, -0.2) is 68.1 Å². The molecule has 5 heteroatoms. The first-order chi connectivity index (χ1) is 14.2. The van der Waals surface area contributed by atoms with Gasteiger partial charge in [0.05, 0.1) is 7.11 Å². The Labute approximate surface area is 176 Å². The summed E-state index contributed by atoms with van der Waals surface area (Å²) < 4.78 is 5.38. The second-order valence-corrected chi connectivity index (χ2v) is 9.05. The molecule has 3 heterocycles. The number of carbonyl (C=O) groups excluding carboxylic acids is 1. The van der Waals surface area contributed by atoms with E-state index in [1.54, 1.807) is 7.11 Å². The minimum Gasteiger partial charge on any atom is -0.497 e. The molecule has 3 aliphatic rings. The Kier molecular flexibility index (Phi) is 6.96. The van der Waals surface area contributed by atoms with Crippen LogP contribution < -0.4 is 9.64 Å². The van der Waals surface area contributed by atoms with Crippen molar-refractivity contribution in [1.82, 2.24) is 9.80 Å². The summed E-state index contributed by atoms with van der Waals surface area (Å²) in [7, 11) is 1.73. The van der Waals surface area contributed by atoms with E-state index in [0.29, 0.717) is 17.9 Å². The molecule has 1 unspecified atom stereocenters. The molecule has 0 saturated carbocycles. The van der Waals surface area contributed by atoms with Crippen LogP contribution in [0.2, 0.25) is 0 Å². The zero-order valence-electron chi connectivity index (χ0n) is 18.0. The lowest BCUT2D eigenvalue weighted by atomic mass is 9.90. The SMILES string of the molecule is COc1cccc(N2CCC(N3CCCC(CCC(=O)N4CCCC4)C3)CC2)c1. The topological polar surface area (TPSA) is 36.0 Å². The fourth-order valence-corrected chi connectivity index (χ4v) is 5.41. The van der Waals surface area contributed by atoms with Crippen LogP contribution in [0.15, 0.2) is 24.3 Å². The van der Waals surface area contributed by atoms with Crippen LogP contribution in [0.1, 0.15) is 51.4 Å². The summed E-state index contributed by atoms with van der Waals surface area (Å²) in [6.45, 7) is 6.64. The summed E-state index contributed by atoms with van der Waals surface area (Å²) in [4.78, 5) is 19.7. The average molecular weight is 400 g/mol. The molecule has 4 rings (SSSR count). The van der Waals surface area contributed by atoms with Gasteiger partial charge in [-0.3, -0.25) is 9.69 Å². The Bertz CT molecular complexity index is 666. The lowest BCUT2D eigenvalue weighted by molar-refractivity contribution is -0.130. The van der Waals surface area contributed by atoms with Gasteiger partial charge in [0.1, 0.15) is 5.75 Å². The summed E-state index contributed by atoms with van der Waals surface area (Å²) >= 11 is 0. The number of carbonyl (C=O) groups is 1. The van der Waals surface area contributed by atoms with Crippen LogP contribution >= 0.6 is 0 Å². The minimum absolute atomic E-state index is 0.395. The number of rotatable bonds is 6. The molecular formula is C24H37N3O2. The predicted molar refractivity (Wildman–Crippen MR) is 118 cm³/mol. The van der Waals surface area contributed by atoms with E-state index >= 15 is 0 Å². The zero-order valence-corrected chi connectivity index (χ0v) is 18.0. The second-order valence-electron chi connectivity index (χ2n) is 9.05. The molecule has 1 atom stereocenters. The van der Waals surface area contributed by atoms with Crippen molar-refractivity contribution in [2.45, 2.75) is 57.4 Å². The smallest absolute Gasteiger partial charge is 0.222 e. The van der Waals surface area contributed by atoms with Gasteiger partial charge in [-0.15, -0.1) is 0 Å². The summed E-state index contributed by atoms with van der Waals surface area (Å²) in [6, 6.07) is 9.14. The molecule has 29 heavy (non-hydrogen) atoms. The third-order valence-corrected chi connectivity index (χ3v) is 7.17. The molecule has 0 bridgehead atoms. The Morgan fingerprint density at radius 3 is 2.59 bits per heavy atom. The normalized spacial score (nSPS) is 24.1. The number of benzene rings is 1. The maximum atomic E-state index is 12.4. The van der Waals surface area contributed by atoms with Crippen LogP contribution in [0.5, 0.6) is 5.75 Å². The van der Waals surface area contributed by atoms with Crippen LogP contribution in [0, 0.1) is 5.92 Å². The maximum absolute atomic E-state index is 12.4. The van der Waals surface area contributed by atoms with E-state index in [1.807, 2.05) is 6.07 Å². The number of nitrogens with zero attached hydrogens (tertiary/aromatic N) is 3. The van der Waals surface area contributed by atoms with E-state index in [0.717, 1.165) is 44.8 Å².